The van der Waals surface area contributed by atoms with E-state index >= 15 is 0 Å². The summed E-state index contributed by atoms with van der Waals surface area (Å²) in [5.41, 5.74) is 5.51. The van der Waals surface area contributed by atoms with Crippen LogP contribution < -0.4 is 5.32 Å². The highest BCUT2D eigenvalue weighted by molar-refractivity contribution is 6.01. The minimum absolute atomic E-state index is 0.322. The summed E-state index contributed by atoms with van der Waals surface area (Å²) in [5.74, 6) is -0.511. The van der Waals surface area contributed by atoms with Crippen molar-refractivity contribution in [2.75, 3.05) is 12.4 Å². The van der Waals surface area contributed by atoms with Crippen molar-refractivity contribution in [1.82, 2.24) is 4.98 Å². The summed E-state index contributed by atoms with van der Waals surface area (Å²) >= 11 is 0. The lowest BCUT2D eigenvalue weighted by Crippen LogP contribution is -2.17. The molecular formula is C21H20N2O4. The molecule has 6 heteroatoms. The SMILES string of the molecule is COC(=O)CC(=O)Nc1ccc(-c2nc(-c3ccc(C)cc3C)co2)cc1. The third-order valence-corrected chi connectivity index (χ3v) is 4.11. The molecule has 27 heavy (non-hydrogen) atoms. The standard InChI is InChI=1S/C21H20N2O4/c1-13-4-9-17(14(2)10-13)18-12-27-21(23-18)15-5-7-16(8-6-15)22-19(24)11-20(25)26-3/h4-10,12H,11H2,1-3H3,(H,22,24). The molecule has 0 radical (unpaired) electrons. The van der Waals surface area contributed by atoms with Crippen LogP contribution in [0.2, 0.25) is 0 Å². The lowest BCUT2D eigenvalue weighted by molar-refractivity contribution is -0.142. The Hall–Kier alpha value is -3.41. The van der Waals surface area contributed by atoms with E-state index in [4.69, 9.17) is 4.42 Å². The lowest BCUT2D eigenvalue weighted by Gasteiger charge is -2.05. The Morgan fingerprint density at radius 2 is 1.85 bits per heavy atom. The smallest absolute Gasteiger partial charge is 0.315 e. The topological polar surface area (TPSA) is 81.4 Å². The Balaban J connectivity index is 1.73. The minimum Gasteiger partial charge on any atom is -0.469 e. The zero-order chi connectivity index (χ0) is 19.4. The number of nitrogens with one attached hydrogen (secondary N) is 1. The van der Waals surface area contributed by atoms with Crippen LogP contribution in [0.4, 0.5) is 5.69 Å². The second-order valence-corrected chi connectivity index (χ2v) is 6.23. The molecule has 138 valence electrons. The number of ether oxygens (including phenoxy) is 1. The van der Waals surface area contributed by atoms with Gasteiger partial charge in [0.25, 0.3) is 0 Å². The van der Waals surface area contributed by atoms with E-state index in [1.165, 1.54) is 12.7 Å². The normalized spacial score (nSPS) is 10.5. The number of aryl methyl sites for hydroxylation is 2. The van der Waals surface area contributed by atoms with Crippen LogP contribution in [-0.4, -0.2) is 24.0 Å². The number of carbonyl (C=O) groups excluding carboxylic acids is 2. The van der Waals surface area contributed by atoms with E-state index in [0.717, 1.165) is 22.4 Å². The Bertz CT molecular complexity index is 974. The maximum Gasteiger partial charge on any atom is 0.315 e. The van der Waals surface area contributed by atoms with Crippen molar-refractivity contribution < 1.29 is 18.7 Å². The molecular weight excluding hydrogens is 344 g/mol. The molecule has 0 bridgehead atoms. The molecule has 0 aliphatic rings. The number of aromatic nitrogens is 1. The second-order valence-electron chi connectivity index (χ2n) is 6.23. The Morgan fingerprint density at radius 1 is 1.11 bits per heavy atom. The summed E-state index contributed by atoms with van der Waals surface area (Å²) in [4.78, 5) is 27.4. The van der Waals surface area contributed by atoms with Crippen molar-refractivity contribution in [2.24, 2.45) is 0 Å². The van der Waals surface area contributed by atoms with Crippen molar-refractivity contribution in [1.29, 1.82) is 0 Å². The number of oxazole rings is 1. The number of rotatable bonds is 5. The maximum atomic E-state index is 11.7. The van der Waals surface area contributed by atoms with Gasteiger partial charge in [0, 0.05) is 16.8 Å². The van der Waals surface area contributed by atoms with Gasteiger partial charge in [-0.2, -0.15) is 0 Å². The molecule has 1 amide bonds. The van der Waals surface area contributed by atoms with Gasteiger partial charge >= 0.3 is 5.97 Å². The first-order valence-corrected chi connectivity index (χ1v) is 8.46. The summed E-state index contributed by atoms with van der Waals surface area (Å²) < 4.78 is 10.1. The molecule has 0 saturated heterocycles. The monoisotopic (exact) mass is 364 g/mol. The van der Waals surface area contributed by atoms with Gasteiger partial charge in [-0.15, -0.1) is 0 Å². The maximum absolute atomic E-state index is 11.7. The summed E-state index contributed by atoms with van der Waals surface area (Å²) in [5, 5.41) is 2.64. The summed E-state index contributed by atoms with van der Waals surface area (Å²) in [6.45, 7) is 4.10. The zero-order valence-electron chi connectivity index (χ0n) is 15.4. The van der Waals surface area contributed by atoms with Gasteiger partial charge in [-0.25, -0.2) is 4.98 Å². The third-order valence-electron chi connectivity index (χ3n) is 4.11. The average Bonchev–Trinajstić information content (AvgIpc) is 3.12. The number of hydrogen-bond donors (Lipinski definition) is 1. The molecule has 1 N–H and O–H groups in total. The van der Waals surface area contributed by atoms with Crippen molar-refractivity contribution in [3.63, 3.8) is 0 Å². The third kappa shape index (κ3) is 4.41. The van der Waals surface area contributed by atoms with Gasteiger partial charge in [-0.05, 0) is 43.7 Å². The van der Waals surface area contributed by atoms with Gasteiger partial charge in [0.15, 0.2) is 0 Å². The van der Waals surface area contributed by atoms with Gasteiger partial charge in [0.2, 0.25) is 11.8 Å². The molecule has 0 atom stereocenters. The quantitative estimate of drug-likeness (QED) is 0.544. The minimum atomic E-state index is -0.581. The summed E-state index contributed by atoms with van der Waals surface area (Å²) in [6, 6.07) is 13.2. The Morgan fingerprint density at radius 3 is 2.52 bits per heavy atom. The fraction of sp³-hybridized carbons (Fsp3) is 0.190. The summed E-state index contributed by atoms with van der Waals surface area (Å²) in [6.07, 6.45) is 1.32. The lowest BCUT2D eigenvalue weighted by atomic mass is 10.0. The molecule has 3 aromatic rings. The van der Waals surface area contributed by atoms with Gasteiger partial charge in [0.1, 0.15) is 18.4 Å². The van der Waals surface area contributed by atoms with Crippen molar-refractivity contribution >= 4 is 17.6 Å². The van der Waals surface area contributed by atoms with E-state index in [2.05, 4.69) is 28.0 Å². The average molecular weight is 364 g/mol. The van der Waals surface area contributed by atoms with Crippen LogP contribution in [0.5, 0.6) is 0 Å². The number of methoxy groups -OCH3 is 1. The molecule has 0 aliphatic carbocycles. The highest BCUT2D eigenvalue weighted by Gasteiger charge is 2.12. The number of esters is 1. The zero-order valence-corrected chi connectivity index (χ0v) is 15.4. The van der Waals surface area contributed by atoms with Crippen molar-refractivity contribution in [3.05, 3.63) is 59.9 Å². The Labute approximate surface area is 157 Å². The molecule has 0 fully saturated rings. The molecule has 2 aromatic carbocycles. The number of nitrogens with zero attached hydrogens (tertiary/aromatic N) is 1. The van der Waals surface area contributed by atoms with E-state index in [0.29, 0.717) is 11.6 Å². The first kappa shape index (κ1) is 18.4. The predicted octanol–water partition coefficient (Wildman–Crippen LogP) is 4.13. The van der Waals surface area contributed by atoms with Crippen LogP contribution >= 0.6 is 0 Å². The fourth-order valence-corrected chi connectivity index (χ4v) is 2.74. The van der Waals surface area contributed by atoms with Crippen LogP contribution in [-0.2, 0) is 14.3 Å². The number of anilines is 1. The van der Waals surface area contributed by atoms with Crippen LogP contribution in [0.1, 0.15) is 17.5 Å². The van der Waals surface area contributed by atoms with Crippen molar-refractivity contribution in [2.45, 2.75) is 20.3 Å². The molecule has 6 nitrogen and oxygen atoms in total. The van der Waals surface area contributed by atoms with Gasteiger partial charge in [-0.3, -0.25) is 9.59 Å². The van der Waals surface area contributed by atoms with Gasteiger partial charge in [-0.1, -0.05) is 23.8 Å². The van der Waals surface area contributed by atoms with E-state index in [-0.39, 0.29) is 6.42 Å². The van der Waals surface area contributed by atoms with Gasteiger partial charge in [0.05, 0.1) is 7.11 Å². The van der Waals surface area contributed by atoms with E-state index < -0.39 is 11.9 Å². The van der Waals surface area contributed by atoms with Crippen LogP contribution in [0.15, 0.2) is 53.1 Å². The largest absolute Gasteiger partial charge is 0.469 e. The first-order chi connectivity index (χ1) is 13.0. The highest BCUT2D eigenvalue weighted by atomic mass is 16.5. The molecule has 0 aliphatic heterocycles. The van der Waals surface area contributed by atoms with Crippen molar-refractivity contribution in [3.8, 4) is 22.7 Å². The van der Waals surface area contributed by atoms with Crippen LogP contribution in [0.25, 0.3) is 22.7 Å². The highest BCUT2D eigenvalue weighted by Crippen LogP contribution is 2.28. The molecule has 1 heterocycles. The molecule has 1 aromatic heterocycles. The summed E-state index contributed by atoms with van der Waals surface area (Å²) in [7, 11) is 1.24. The number of hydrogen-bond acceptors (Lipinski definition) is 5. The second kappa shape index (κ2) is 7.86. The first-order valence-electron chi connectivity index (χ1n) is 8.46. The number of amides is 1. The molecule has 0 unspecified atom stereocenters. The van der Waals surface area contributed by atoms with E-state index in [1.54, 1.807) is 30.5 Å². The van der Waals surface area contributed by atoms with E-state index in [1.807, 2.05) is 19.1 Å². The molecule has 0 spiro atoms. The molecule has 0 saturated carbocycles. The molecule has 3 rings (SSSR count). The van der Waals surface area contributed by atoms with Crippen LogP contribution in [0.3, 0.4) is 0 Å². The van der Waals surface area contributed by atoms with E-state index in [9.17, 15) is 9.59 Å². The van der Waals surface area contributed by atoms with Gasteiger partial charge < -0.3 is 14.5 Å². The number of carbonyl (C=O) groups is 2. The predicted molar refractivity (Wildman–Crippen MR) is 102 cm³/mol. The van der Waals surface area contributed by atoms with Crippen LogP contribution in [0, 0.1) is 13.8 Å². The Kier molecular flexibility index (Phi) is 5.35. The fourth-order valence-electron chi connectivity index (χ4n) is 2.74. The number of benzene rings is 2.